The second kappa shape index (κ2) is 19.0. The second-order valence-corrected chi connectivity index (χ2v) is 16.0. The number of aliphatic hydroxyl groups excluding tert-OH is 1. The van der Waals surface area contributed by atoms with Crippen LogP contribution in [0.15, 0.2) is 0 Å². The van der Waals surface area contributed by atoms with Gasteiger partial charge in [-0.1, -0.05) is 69.9 Å². The van der Waals surface area contributed by atoms with Gasteiger partial charge < -0.3 is 5.11 Å². The molecule has 0 aliphatic heterocycles. The number of aliphatic hydroxyl groups is 1. The van der Waals surface area contributed by atoms with Crippen molar-refractivity contribution in [1.29, 1.82) is 0 Å². The molecule has 0 aromatic rings. The van der Waals surface area contributed by atoms with Crippen LogP contribution in [0.25, 0.3) is 0 Å². The number of unbranched alkanes of at least 4 members (excludes halogenated alkanes) is 8. The molecule has 0 amide bonds. The third-order valence-electron chi connectivity index (χ3n) is 2.55. The van der Waals surface area contributed by atoms with Gasteiger partial charge in [0.25, 0.3) is 0 Å². The summed E-state index contributed by atoms with van der Waals surface area (Å²) in [7, 11) is 15.0. The Balaban J connectivity index is 0. The zero-order chi connectivity index (χ0) is 14.2. The van der Waals surface area contributed by atoms with Gasteiger partial charge in [0.2, 0.25) is 0 Å². The number of alkyl halides is 1. The van der Waals surface area contributed by atoms with Crippen molar-refractivity contribution in [2.45, 2.75) is 76.7 Å². The molecular formula is C12H25Cl4OZr. The molecule has 0 spiro atoms. The van der Waals surface area contributed by atoms with Crippen molar-refractivity contribution >= 4 is 37.1 Å². The molecule has 0 saturated carbocycles. The summed E-state index contributed by atoms with van der Waals surface area (Å²) >= 11 is 3.30. The zero-order valence-electron chi connectivity index (χ0n) is 11.1. The Bertz CT molecular complexity index is 145. The molecule has 0 bridgehead atoms. The molecule has 1 N–H and O–H groups in total. The van der Waals surface area contributed by atoms with Gasteiger partial charge in [-0.05, 0) is 12.8 Å². The second-order valence-electron chi connectivity index (χ2n) is 4.27. The van der Waals surface area contributed by atoms with Gasteiger partial charge in [-0.2, -0.15) is 0 Å². The standard InChI is InChI=1S/C12H25ClO.3ClH.Zr/c1-2-3-4-5-6-7-8-9-10-11-12(13)14;;;;/h12,14H,2-11H2,1H3;3*1H;/q;;;;+3/p-3. The summed E-state index contributed by atoms with van der Waals surface area (Å²) in [5.41, 5.74) is -0.625. The average Bonchev–Trinajstić information content (AvgIpc) is 2.26. The first-order valence-corrected chi connectivity index (χ1v) is 16.6. The van der Waals surface area contributed by atoms with Crippen molar-refractivity contribution in [3.05, 3.63) is 0 Å². The first-order chi connectivity index (χ1) is 8.50. The summed E-state index contributed by atoms with van der Waals surface area (Å²) < 4.78 is 0. The van der Waals surface area contributed by atoms with Crippen LogP contribution in [0.5, 0.6) is 0 Å². The Kier molecular flexibility index (Phi) is 23.5. The van der Waals surface area contributed by atoms with E-state index in [9.17, 15) is 0 Å². The third kappa shape index (κ3) is 30.8. The summed E-state index contributed by atoms with van der Waals surface area (Å²) in [6, 6.07) is 0. The molecule has 0 fully saturated rings. The van der Waals surface area contributed by atoms with E-state index in [4.69, 9.17) is 42.2 Å². The summed E-state index contributed by atoms with van der Waals surface area (Å²) in [4.78, 5) is 0. The van der Waals surface area contributed by atoms with Gasteiger partial charge in [0.05, 0.1) is 0 Å². The predicted molar refractivity (Wildman–Crippen MR) is 81.3 cm³/mol. The molecule has 1 unspecified atom stereocenters. The molecule has 0 aromatic carbocycles. The number of halogens is 4. The van der Waals surface area contributed by atoms with E-state index in [2.05, 4.69) is 6.92 Å². The summed E-state index contributed by atoms with van der Waals surface area (Å²) in [6.07, 6.45) is 12.6. The van der Waals surface area contributed by atoms with Crippen molar-refractivity contribution in [1.82, 2.24) is 0 Å². The van der Waals surface area contributed by atoms with Gasteiger partial charge in [0.1, 0.15) is 5.56 Å². The topological polar surface area (TPSA) is 20.2 Å². The number of hydrogen-bond donors (Lipinski definition) is 1. The Morgan fingerprint density at radius 3 is 1.50 bits per heavy atom. The van der Waals surface area contributed by atoms with Crippen LogP contribution < -0.4 is 0 Å². The molecule has 0 saturated heterocycles. The Hall–Kier alpha value is 2.00. The van der Waals surface area contributed by atoms with Crippen LogP contribution in [0.4, 0.5) is 0 Å². The van der Waals surface area contributed by atoms with Gasteiger partial charge in [-0.25, -0.2) is 0 Å². The minimum atomic E-state index is -2.13. The van der Waals surface area contributed by atoms with E-state index in [0.717, 1.165) is 12.8 Å². The van der Waals surface area contributed by atoms with E-state index < -0.39 is 23.7 Å². The minimum absolute atomic E-state index is 0.625. The van der Waals surface area contributed by atoms with Gasteiger partial charge in [-0.3, -0.25) is 0 Å². The van der Waals surface area contributed by atoms with Crippen molar-refractivity contribution < 1.29 is 23.3 Å². The van der Waals surface area contributed by atoms with Gasteiger partial charge >= 0.3 is 43.7 Å². The molecular weight excluding hydrogens is 393 g/mol. The summed E-state index contributed by atoms with van der Waals surface area (Å²) in [5, 5.41) is 8.82. The molecule has 18 heavy (non-hydrogen) atoms. The monoisotopic (exact) mass is 415 g/mol. The van der Waals surface area contributed by atoms with Crippen LogP contribution in [0.3, 0.4) is 0 Å². The van der Waals surface area contributed by atoms with E-state index in [1.54, 1.807) is 0 Å². The average molecular weight is 418 g/mol. The number of rotatable bonds is 10. The van der Waals surface area contributed by atoms with Crippen molar-refractivity contribution in [2.75, 3.05) is 0 Å². The molecule has 1 nitrogen and oxygen atoms in total. The van der Waals surface area contributed by atoms with Crippen LogP contribution >= 0.6 is 37.1 Å². The van der Waals surface area contributed by atoms with Gasteiger partial charge in [0.15, 0.2) is 0 Å². The van der Waals surface area contributed by atoms with Crippen LogP contribution in [0.2, 0.25) is 0 Å². The summed E-state index contributed by atoms with van der Waals surface area (Å²) in [6.45, 7) is 2.25. The number of hydrogen-bond acceptors (Lipinski definition) is 1. The van der Waals surface area contributed by atoms with E-state index in [1.165, 1.54) is 51.4 Å². The van der Waals surface area contributed by atoms with Gasteiger partial charge in [0, 0.05) is 0 Å². The first kappa shape index (κ1) is 22.3. The molecule has 0 rings (SSSR count). The molecule has 0 radical (unpaired) electrons. The molecule has 6 heteroatoms. The van der Waals surface area contributed by atoms with E-state index in [0.29, 0.717) is 0 Å². The van der Waals surface area contributed by atoms with Crippen molar-refractivity contribution in [3.8, 4) is 0 Å². The molecule has 0 aromatic heterocycles. The van der Waals surface area contributed by atoms with E-state index in [1.807, 2.05) is 0 Å². The molecule has 0 heterocycles. The Morgan fingerprint density at radius 1 is 0.833 bits per heavy atom. The van der Waals surface area contributed by atoms with E-state index in [-0.39, 0.29) is 0 Å². The summed E-state index contributed by atoms with van der Waals surface area (Å²) in [5.74, 6) is 0. The van der Waals surface area contributed by atoms with E-state index >= 15 is 0 Å². The fourth-order valence-corrected chi connectivity index (χ4v) is 1.78. The van der Waals surface area contributed by atoms with Crippen molar-refractivity contribution in [2.24, 2.45) is 0 Å². The van der Waals surface area contributed by atoms with Crippen LogP contribution in [0, 0.1) is 0 Å². The van der Waals surface area contributed by atoms with Crippen LogP contribution in [-0.4, -0.2) is 10.7 Å². The molecule has 111 valence electrons. The van der Waals surface area contributed by atoms with Crippen LogP contribution in [0.1, 0.15) is 71.1 Å². The molecule has 0 aliphatic carbocycles. The van der Waals surface area contributed by atoms with Crippen molar-refractivity contribution in [3.63, 3.8) is 0 Å². The van der Waals surface area contributed by atoms with Crippen LogP contribution in [-0.2, 0) is 18.2 Å². The fraction of sp³-hybridized carbons (Fsp3) is 1.00. The SMILES string of the molecule is CCCCCCCCCCCC(O)Cl.[Cl][Zr]([Cl])[Cl]. The maximum absolute atomic E-state index is 8.82. The zero-order valence-corrected chi connectivity index (χ0v) is 16.6. The first-order valence-electron chi connectivity index (χ1n) is 6.66. The maximum atomic E-state index is 8.82. The fourth-order valence-electron chi connectivity index (χ4n) is 1.62. The quantitative estimate of drug-likeness (QED) is 0.316. The predicted octanol–water partition coefficient (Wildman–Crippen LogP) is 6.53. The third-order valence-corrected chi connectivity index (χ3v) is 2.76. The molecule has 1 atom stereocenters. The molecule has 0 aliphatic rings. The normalized spacial score (nSPS) is 11.7. The Morgan fingerprint density at radius 2 is 1.17 bits per heavy atom. The van der Waals surface area contributed by atoms with Gasteiger partial charge in [-0.15, -0.1) is 0 Å². The Labute approximate surface area is 136 Å².